The van der Waals surface area contributed by atoms with Gasteiger partial charge in [-0.15, -0.1) is 13.2 Å². The molecule has 0 saturated heterocycles. The molecular formula is C4H5F3O. The van der Waals surface area contributed by atoms with Gasteiger partial charge in [-0.05, 0) is 6.92 Å². The summed E-state index contributed by atoms with van der Waals surface area (Å²) in [5.74, 6) is 0. The van der Waals surface area contributed by atoms with E-state index < -0.39 is 6.36 Å². The van der Waals surface area contributed by atoms with Gasteiger partial charge >= 0.3 is 6.36 Å². The van der Waals surface area contributed by atoms with Crippen molar-refractivity contribution in [2.75, 3.05) is 0 Å². The fraction of sp³-hybridized carbons (Fsp3) is 0.500. The van der Waals surface area contributed by atoms with E-state index in [1.165, 1.54) is 6.92 Å². The Morgan fingerprint density at radius 3 is 2.00 bits per heavy atom. The van der Waals surface area contributed by atoms with Crippen LogP contribution in [0.4, 0.5) is 13.2 Å². The zero-order chi connectivity index (χ0) is 6.62. The van der Waals surface area contributed by atoms with Crippen LogP contribution in [-0.4, -0.2) is 6.36 Å². The largest absolute Gasteiger partial charge is 0.572 e. The summed E-state index contributed by atoms with van der Waals surface area (Å²) in [4.78, 5) is 0. The van der Waals surface area contributed by atoms with Crippen LogP contribution in [0.15, 0.2) is 12.3 Å². The highest BCUT2D eigenvalue weighted by Gasteiger charge is 2.28. The third-order valence-corrected chi connectivity index (χ3v) is 0.338. The highest BCUT2D eigenvalue weighted by molar-refractivity contribution is 4.65. The van der Waals surface area contributed by atoms with Gasteiger partial charge in [-0.2, -0.15) is 0 Å². The summed E-state index contributed by atoms with van der Waals surface area (Å²) >= 11 is 0. The number of allylic oxidation sites excluding steroid dienone is 1. The lowest BCUT2D eigenvalue weighted by Gasteiger charge is -2.01. The molecular weight excluding hydrogens is 121 g/mol. The number of alkyl halides is 3. The molecule has 0 radical (unpaired) electrons. The molecule has 0 aromatic carbocycles. The zero-order valence-electron chi connectivity index (χ0n) is 4.20. The van der Waals surface area contributed by atoms with Crippen LogP contribution < -0.4 is 0 Å². The number of ether oxygens (including phenoxy) is 1. The number of rotatable bonds is 1. The van der Waals surface area contributed by atoms with Crippen molar-refractivity contribution in [2.24, 2.45) is 0 Å². The molecule has 0 heterocycles. The summed E-state index contributed by atoms with van der Waals surface area (Å²) in [5, 5.41) is 0. The van der Waals surface area contributed by atoms with Crippen molar-refractivity contribution in [3.05, 3.63) is 12.3 Å². The predicted molar refractivity (Wildman–Crippen MR) is 22.0 cm³/mol. The Morgan fingerprint density at radius 2 is 1.88 bits per heavy atom. The van der Waals surface area contributed by atoms with E-state index in [9.17, 15) is 13.2 Å². The maximum atomic E-state index is 11.0. The second-order valence-corrected chi connectivity index (χ2v) is 1.03. The smallest absolute Gasteiger partial charge is 0.414 e. The molecule has 0 rings (SSSR count). The summed E-state index contributed by atoms with van der Waals surface area (Å²) in [5.41, 5.74) is 0. The van der Waals surface area contributed by atoms with E-state index in [1.54, 1.807) is 0 Å². The van der Waals surface area contributed by atoms with E-state index in [1.807, 2.05) is 0 Å². The van der Waals surface area contributed by atoms with E-state index in [0.29, 0.717) is 6.26 Å². The van der Waals surface area contributed by atoms with Crippen LogP contribution >= 0.6 is 0 Å². The van der Waals surface area contributed by atoms with Gasteiger partial charge in [-0.3, -0.25) is 0 Å². The summed E-state index contributed by atoms with van der Waals surface area (Å²) in [7, 11) is 0. The first-order valence-electron chi connectivity index (χ1n) is 1.92. The standard InChI is InChI=1S/C4H5F3O/c1-2-3-8-4(5,6)7/h2-3H,1H3/b3-2+. The first kappa shape index (κ1) is 7.33. The van der Waals surface area contributed by atoms with Crippen molar-refractivity contribution < 1.29 is 17.9 Å². The van der Waals surface area contributed by atoms with Gasteiger partial charge in [0.25, 0.3) is 0 Å². The Balaban J connectivity index is 3.39. The quantitative estimate of drug-likeness (QED) is 0.488. The average molecular weight is 126 g/mol. The molecule has 48 valence electrons. The second-order valence-electron chi connectivity index (χ2n) is 1.03. The van der Waals surface area contributed by atoms with Crippen LogP contribution in [0.2, 0.25) is 0 Å². The minimum Gasteiger partial charge on any atom is -0.414 e. The Kier molecular flexibility index (Phi) is 2.37. The number of hydrogen-bond acceptors (Lipinski definition) is 1. The predicted octanol–water partition coefficient (Wildman–Crippen LogP) is 2.06. The van der Waals surface area contributed by atoms with Crippen LogP contribution in [0, 0.1) is 0 Å². The van der Waals surface area contributed by atoms with Crippen LogP contribution in [0.1, 0.15) is 6.92 Å². The van der Waals surface area contributed by atoms with Gasteiger partial charge in [0.15, 0.2) is 0 Å². The topological polar surface area (TPSA) is 9.23 Å². The zero-order valence-corrected chi connectivity index (χ0v) is 4.20. The molecule has 0 atom stereocenters. The van der Waals surface area contributed by atoms with Crippen molar-refractivity contribution in [3.63, 3.8) is 0 Å². The van der Waals surface area contributed by atoms with Gasteiger partial charge < -0.3 is 4.74 Å². The normalized spacial score (nSPS) is 12.5. The van der Waals surface area contributed by atoms with Crippen molar-refractivity contribution in [1.82, 2.24) is 0 Å². The average Bonchev–Trinajstić information content (AvgIpc) is 1.59. The Bertz CT molecular complexity index is 83.8. The van der Waals surface area contributed by atoms with Gasteiger partial charge in [0, 0.05) is 0 Å². The molecule has 8 heavy (non-hydrogen) atoms. The maximum absolute atomic E-state index is 11.0. The van der Waals surface area contributed by atoms with Gasteiger partial charge in [0.1, 0.15) is 0 Å². The fourth-order valence-corrected chi connectivity index (χ4v) is 0.145. The fourth-order valence-electron chi connectivity index (χ4n) is 0.145. The third-order valence-electron chi connectivity index (χ3n) is 0.338. The number of halogens is 3. The maximum Gasteiger partial charge on any atom is 0.572 e. The monoisotopic (exact) mass is 126 g/mol. The lowest BCUT2D eigenvalue weighted by molar-refractivity contribution is -0.298. The Hall–Kier alpha value is -0.670. The minimum absolute atomic E-state index is 0.583. The van der Waals surface area contributed by atoms with E-state index in [4.69, 9.17) is 0 Å². The van der Waals surface area contributed by atoms with Crippen LogP contribution in [0.25, 0.3) is 0 Å². The van der Waals surface area contributed by atoms with Crippen LogP contribution in [0.5, 0.6) is 0 Å². The molecule has 0 aromatic rings. The van der Waals surface area contributed by atoms with Gasteiger partial charge in [0.2, 0.25) is 0 Å². The minimum atomic E-state index is -4.54. The first-order chi connectivity index (χ1) is 3.56. The summed E-state index contributed by atoms with van der Waals surface area (Å²) in [6.07, 6.45) is -2.79. The summed E-state index contributed by atoms with van der Waals surface area (Å²) < 4.78 is 36.1. The van der Waals surface area contributed by atoms with Gasteiger partial charge in [-0.25, -0.2) is 0 Å². The SMILES string of the molecule is C/C=C/OC(F)(F)F. The molecule has 0 aliphatic carbocycles. The van der Waals surface area contributed by atoms with Gasteiger partial charge in [0.05, 0.1) is 6.26 Å². The highest BCUT2D eigenvalue weighted by Crippen LogP contribution is 2.15. The highest BCUT2D eigenvalue weighted by atomic mass is 19.4. The number of hydrogen-bond donors (Lipinski definition) is 0. The lowest BCUT2D eigenvalue weighted by atomic mass is 10.7. The van der Waals surface area contributed by atoms with Crippen LogP contribution in [-0.2, 0) is 4.74 Å². The van der Waals surface area contributed by atoms with Crippen molar-refractivity contribution in [3.8, 4) is 0 Å². The molecule has 0 bridgehead atoms. The molecule has 0 aromatic heterocycles. The van der Waals surface area contributed by atoms with E-state index in [0.717, 1.165) is 6.08 Å². The molecule has 0 saturated carbocycles. The van der Waals surface area contributed by atoms with Crippen molar-refractivity contribution in [2.45, 2.75) is 13.3 Å². The molecule has 0 N–H and O–H groups in total. The molecule has 4 heteroatoms. The molecule has 0 aliphatic rings. The van der Waals surface area contributed by atoms with Crippen molar-refractivity contribution >= 4 is 0 Å². The van der Waals surface area contributed by atoms with E-state index in [-0.39, 0.29) is 0 Å². The van der Waals surface area contributed by atoms with Crippen LogP contribution in [0.3, 0.4) is 0 Å². The Morgan fingerprint density at radius 1 is 1.38 bits per heavy atom. The van der Waals surface area contributed by atoms with Crippen molar-refractivity contribution in [1.29, 1.82) is 0 Å². The van der Waals surface area contributed by atoms with Gasteiger partial charge in [-0.1, -0.05) is 6.08 Å². The lowest BCUT2D eigenvalue weighted by Crippen LogP contribution is -2.07. The molecule has 0 unspecified atom stereocenters. The first-order valence-corrected chi connectivity index (χ1v) is 1.92. The van der Waals surface area contributed by atoms with E-state index >= 15 is 0 Å². The molecule has 0 fully saturated rings. The van der Waals surface area contributed by atoms with E-state index in [2.05, 4.69) is 4.74 Å². The molecule has 1 nitrogen and oxygen atoms in total. The molecule has 0 spiro atoms. The summed E-state index contributed by atoms with van der Waals surface area (Å²) in [6.45, 7) is 1.44. The molecule has 0 amide bonds. The molecule has 0 aliphatic heterocycles. The Labute approximate surface area is 44.8 Å². The summed E-state index contributed by atoms with van der Waals surface area (Å²) in [6, 6.07) is 0. The third kappa shape index (κ3) is 5.33. The second kappa shape index (κ2) is 2.59.